The molecule has 0 spiro atoms. The van der Waals surface area contributed by atoms with Gasteiger partial charge in [-0.05, 0) is 55.7 Å². The van der Waals surface area contributed by atoms with Crippen LogP contribution in [-0.2, 0) is 4.79 Å². The van der Waals surface area contributed by atoms with E-state index in [0.717, 1.165) is 27.4 Å². The highest BCUT2D eigenvalue weighted by Crippen LogP contribution is 2.22. The lowest BCUT2D eigenvalue weighted by Gasteiger charge is -2.08. The Bertz CT molecular complexity index is 669. The number of rotatable bonds is 4. The molecule has 0 fully saturated rings. The summed E-state index contributed by atoms with van der Waals surface area (Å²) in [6.07, 6.45) is 3.30. The molecule has 21 heavy (non-hydrogen) atoms. The van der Waals surface area contributed by atoms with Crippen LogP contribution in [-0.4, -0.2) is 23.2 Å². The van der Waals surface area contributed by atoms with E-state index in [1.54, 1.807) is 13.2 Å². The molecule has 5 nitrogen and oxygen atoms in total. The topological polar surface area (TPSA) is 64.1 Å². The van der Waals surface area contributed by atoms with E-state index >= 15 is 0 Å². The average molecular weight is 303 g/mol. The van der Waals surface area contributed by atoms with Crippen LogP contribution in [0.15, 0.2) is 18.2 Å². The maximum atomic E-state index is 11.9. The quantitative estimate of drug-likeness (QED) is 0.881. The van der Waals surface area contributed by atoms with Crippen molar-refractivity contribution in [2.45, 2.75) is 20.8 Å². The summed E-state index contributed by atoms with van der Waals surface area (Å²) < 4.78 is 5.22. The number of nitrogens with one attached hydrogen (secondary N) is 1. The number of hydrogen-bond acceptors (Lipinski definition) is 5. The predicted octanol–water partition coefficient (Wildman–Crippen LogP) is 3.12. The number of hydrogen-bond donors (Lipinski definition) is 1. The number of nitrogens with zero attached hydrogens (tertiary/aromatic N) is 2. The van der Waals surface area contributed by atoms with Crippen molar-refractivity contribution in [2.75, 3.05) is 12.4 Å². The van der Waals surface area contributed by atoms with Crippen LogP contribution in [0.2, 0.25) is 0 Å². The summed E-state index contributed by atoms with van der Waals surface area (Å²) in [5.74, 6) is 0.594. The maximum absolute atomic E-state index is 11.9. The van der Waals surface area contributed by atoms with Crippen LogP contribution in [0.3, 0.4) is 0 Å². The third kappa shape index (κ3) is 3.88. The molecule has 0 saturated carbocycles. The molecule has 0 aliphatic carbocycles. The molecular weight excluding hydrogens is 286 g/mol. The van der Waals surface area contributed by atoms with Gasteiger partial charge in [-0.2, -0.15) is 0 Å². The van der Waals surface area contributed by atoms with E-state index in [-0.39, 0.29) is 5.91 Å². The van der Waals surface area contributed by atoms with Crippen LogP contribution >= 0.6 is 11.3 Å². The summed E-state index contributed by atoms with van der Waals surface area (Å²) in [5.41, 5.74) is 3.13. The van der Waals surface area contributed by atoms with Crippen molar-refractivity contribution in [3.8, 4) is 5.75 Å². The van der Waals surface area contributed by atoms with Gasteiger partial charge in [0.2, 0.25) is 11.0 Å². The van der Waals surface area contributed by atoms with E-state index in [9.17, 15) is 4.79 Å². The molecule has 0 aliphatic heterocycles. The molecule has 2 rings (SSSR count). The van der Waals surface area contributed by atoms with E-state index in [1.165, 1.54) is 17.4 Å². The van der Waals surface area contributed by atoms with Crippen molar-refractivity contribution >= 4 is 28.5 Å². The zero-order valence-corrected chi connectivity index (χ0v) is 13.2. The largest absolute Gasteiger partial charge is 0.497 e. The third-order valence-corrected chi connectivity index (χ3v) is 3.71. The summed E-state index contributed by atoms with van der Waals surface area (Å²) in [7, 11) is 1.64. The maximum Gasteiger partial charge on any atom is 0.250 e. The van der Waals surface area contributed by atoms with Gasteiger partial charge in [-0.15, -0.1) is 10.2 Å². The van der Waals surface area contributed by atoms with Crippen molar-refractivity contribution < 1.29 is 9.53 Å². The van der Waals surface area contributed by atoms with Crippen molar-refractivity contribution in [1.82, 2.24) is 10.2 Å². The first-order valence-corrected chi connectivity index (χ1v) is 7.25. The van der Waals surface area contributed by atoms with Crippen LogP contribution in [0, 0.1) is 20.8 Å². The van der Waals surface area contributed by atoms with Gasteiger partial charge in [-0.1, -0.05) is 11.3 Å². The highest BCUT2D eigenvalue weighted by Gasteiger charge is 2.05. The molecule has 1 aromatic carbocycles. The Morgan fingerprint density at radius 2 is 1.90 bits per heavy atom. The van der Waals surface area contributed by atoms with Gasteiger partial charge in [0.1, 0.15) is 10.8 Å². The van der Waals surface area contributed by atoms with Gasteiger partial charge in [0.05, 0.1) is 7.11 Å². The van der Waals surface area contributed by atoms with Gasteiger partial charge in [0.25, 0.3) is 0 Å². The van der Waals surface area contributed by atoms with Gasteiger partial charge in [-0.25, -0.2) is 0 Å². The molecule has 0 aliphatic rings. The predicted molar refractivity (Wildman–Crippen MR) is 84.8 cm³/mol. The molecule has 0 bridgehead atoms. The highest BCUT2D eigenvalue weighted by molar-refractivity contribution is 7.15. The second kappa shape index (κ2) is 6.49. The smallest absolute Gasteiger partial charge is 0.250 e. The zero-order valence-electron chi connectivity index (χ0n) is 12.4. The van der Waals surface area contributed by atoms with Gasteiger partial charge in [0.15, 0.2) is 0 Å². The first-order chi connectivity index (χ1) is 9.99. The van der Waals surface area contributed by atoms with Crippen LogP contribution < -0.4 is 10.1 Å². The lowest BCUT2D eigenvalue weighted by Crippen LogP contribution is -2.07. The Kier molecular flexibility index (Phi) is 4.70. The van der Waals surface area contributed by atoms with E-state index in [4.69, 9.17) is 4.74 Å². The number of aryl methyl sites for hydroxylation is 3. The van der Waals surface area contributed by atoms with Gasteiger partial charge in [0, 0.05) is 6.08 Å². The Labute approximate surface area is 127 Å². The Hall–Kier alpha value is -2.21. The molecule has 1 heterocycles. The molecule has 6 heteroatoms. The highest BCUT2D eigenvalue weighted by atomic mass is 32.1. The van der Waals surface area contributed by atoms with Crippen LogP contribution in [0.5, 0.6) is 5.75 Å². The number of carbonyl (C=O) groups excluding carboxylic acids is 1. The minimum atomic E-state index is -0.222. The number of anilines is 1. The van der Waals surface area contributed by atoms with Gasteiger partial charge >= 0.3 is 0 Å². The first-order valence-electron chi connectivity index (χ1n) is 6.44. The number of methoxy groups -OCH3 is 1. The Morgan fingerprint density at radius 1 is 1.24 bits per heavy atom. The minimum absolute atomic E-state index is 0.222. The number of ether oxygens (including phenoxy) is 1. The van der Waals surface area contributed by atoms with Crippen molar-refractivity contribution in [1.29, 1.82) is 0 Å². The SMILES string of the molecule is COc1cc(C)c(/C=C/C(=O)Nc2nnc(C)s2)c(C)c1. The summed E-state index contributed by atoms with van der Waals surface area (Å²) in [6.45, 7) is 5.82. The lowest BCUT2D eigenvalue weighted by atomic mass is 10.0. The molecule has 0 unspecified atom stereocenters. The van der Waals surface area contributed by atoms with E-state index in [2.05, 4.69) is 15.5 Å². The minimum Gasteiger partial charge on any atom is -0.497 e. The molecule has 0 atom stereocenters. The number of carbonyl (C=O) groups is 1. The van der Waals surface area contributed by atoms with Crippen LogP contribution in [0.25, 0.3) is 6.08 Å². The standard InChI is InChI=1S/C15H17N3O2S/c1-9-7-12(20-4)8-10(2)13(9)5-6-14(19)16-15-18-17-11(3)21-15/h5-8H,1-4H3,(H,16,18,19)/b6-5+. The van der Waals surface area contributed by atoms with Crippen molar-refractivity contribution in [3.05, 3.63) is 39.9 Å². The van der Waals surface area contributed by atoms with Crippen LogP contribution in [0.1, 0.15) is 21.7 Å². The van der Waals surface area contributed by atoms with E-state index in [1.807, 2.05) is 32.9 Å². The number of amides is 1. The molecule has 0 saturated heterocycles. The molecule has 110 valence electrons. The van der Waals surface area contributed by atoms with Gasteiger partial charge < -0.3 is 4.74 Å². The van der Waals surface area contributed by atoms with E-state index < -0.39 is 0 Å². The lowest BCUT2D eigenvalue weighted by molar-refractivity contribution is -0.111. The molecule has 1 N–H and O–H groups in total. The summed E-state index contributed by atoms with van der Waals surface area (Å²) in [5, 5.41) is 11.7. The van der Waals surface area contributed by atoms with Crippen LogP contribution in [0.4, 0.5) is 5.13 Å². The summed E-state index contributed by atoms with van der Waals surface area (Å²) >= 11 is 1.34. The monoisotopic (exact) mass is 303 g/mol. The Balaban J connectivity index is 2.12. The fourth-order valence-corrected chi connectivity index (χ4v) is 2.56. The molecule has 1 aromatic heterocycles. The fraction of sp³-hybridized carbons (Fsp3) is 0.267. The normalized spacial score (nSPS) is 10.9. The van der Waals surface area contributed by atoms with E-state index in [0.29, 0.717) is 5.13 Å². The van der Waals surface area contributed by atoms with Crippen molar-refractivity contribution in [3.63, 3.8) is 0 Å². The molecule has 1 amide bonds. The Morgan fingerprint density at radius 3 is 2.43 bits per heavy atom. The molecular formula is C15H17N3O2S. The second-order valence-corrected chi connectivity index (χ2v) is 5.81. The molecule has 0 radical (unpaired) electrons. The fourth-order valence-electron chi connectivity index (χ4n) is 1.97. The second-order valence-electron chi connectivity index (χ2n) is 4.62. The van der Waals surface area contributed by atoms with Crippen molar-refractivity contribution in [2.24, 2.45) is 0 Å². The first kappa shape index (κ1) is 15.2. The summed E-state index contributed by atoms with van der Waals surface area (Å²) in [4.78, 5) is 11.9. The number of aromatic nitrogens is 2. The third-order valence-electron chi connectivity index (χ3n) is 2.96. The summed E-state index contributed by atoms with van der Waals surface area (Å²) in [6, 6.07) is 3.89. The molecule has 2 aromatic rings. The number of benzene rings is 1. The zero-order chi connectivity index (χ0) is 15.4. The average Bonchev–Trinajstić information content (AvgIpc) is 2.82. The van der Waals surface area contributed by atoms with Gasteiger partial charge in [-0.3, -0.25) is 10.1 Å².